The number of benzene rings is 1. The average molecular weight is 462 g/mol. The largest absolute Gasteiger partial charge is 0.491 e. The first-order valence-corrected chi connectivity index (χ1v) is 12.2. The summed E-state index contributed by atoms with van der Waals surface area (Å²) in [6.45, 7) is 3.28. The van der Waals surface area contributed by atoms with E-state index in [1.165, 1.54) is 21.4 Å². The molecule has 1 aliphatic rings. The number of carbonyl (C=O) groups is 1. The van der Waals surface area contributed by atoms with E-state index >= 15 is 0 Å². The molecule has 0 saturated carbocycles. The number of aromatic nitrogens is 2. The Morgan fingerprint density at radius 1 is 1.18 bits per heavy atom. The Morgan fingerprint density at radius 3 is 2.82 bits per heavy atom. The predicted molar refractivity (Wildman–Crippen MR) is 131 cm³/mol. The highest BCUT2D eigenvalue weighted by molar-refractivity contribution is 7.09. The van der Waals surface area contributed by atoms with Gasteiger partial charge in [0.05, 0.1) is 0 Å². The average Bonchev–Trinajstić information content (AvgIpc) is 3.50. The minimum absolute atomic E-state index is 0.211. The van der Waals surface area contributed by atoms with Gasteiger partial charge in [-0.05, 0) is 72.6 Å². The number of aromatic amines is 1. The van der Waals surface area contributed by atoms with E-state index in [-0.39, 0.29) is 5.56 Å². The number of nitrogens with zero attached hydrogens (tertiary/aromatic N) is 2. The van der Waals surface area contributed by atoms with Crippen LogP contribution >= 0.6 is 11.3 Å². The fraction of sp³-hybridized carbons (Fsp3) is 0.308. The van der Waals surface area contributed by atoms with E-state index < -0.39 is 5.97 Å². The van der Waals surface area contributed by atoms with Crippen LogP contribution in [0.4, 0.5) is 0 Å². The number of H-pyrrole nitrogens is 1. The molecule has 0 spiro atoms. The summed E-state index contributed by atoms with van der Waals surface area (Å²) in [5.41, 5.74) is 3.91. The number of ether oxygens (including phenoxy) is 1. The summed E-state index contributed by atoms with van der Waals surface area (Å²) in [5.74, 6) is -0.0162. The zero-order valence-electron chi connectivity index (χ0n) is 18.4. The number of para-hydroxylation sites is 1. The number of hydrogen-bond donors (Lipinski definition) is 2. The highest BCUT2D eigenvalue weighted by Crippen LogP contribution is 2.35. The lowest BCUT2D eigenvalue weighted by atomic mass is 9.88. The molecule has 0 atom stereocenters. The van der Waals surface area contributed by atoms with Crippen LogP contribution in [0, 0.1) is 0 Å². The Labute approximate surface area is 196 Å². The summed E-state index contributed by atoms with van der Waals surface area (Å²) >= 11 is 1.80. The maximum Gasteiger partial charge on any atom is 0.339 e. The van der Waals surface area contributed by atoms with E-state index in [4.69, 9.17) is 4.74 Å². The lowest BCUT2D eigenvalue weighted by Gasteiger charge is -2.32. The van der Waals surface area contributed by atoms with Crippen LogP contribution in [-0.4, -0.2) is 52.2 Å². The Bertz CT molecular complexity index is 1230. The molecule has 4 aromatic rings. The van der Waals surface area contributed by atoms with Crippen molar-refractivity contribution in [3.05, 3.63) is 81.8 Å². The van der Waals surface area contributed by atoms with Crippen molar-refractivity contribution in [2.45, 2.75) is 25.2 Å². The van der Waals surface area contributed by atoms with Gasteiger partial charge in [-0.1, -0.05) is 18.2 Å². The zero-order chi connectivity index (χ0) is 22.6. The number of carboxylic acid groups (broad SMARTS) is 1. The van der Waals surface area contributed by atoms with E-state index in [9.17, 15) is 9.90 Å². The molecule has 4 heterocycles. The third kappa shape index (κ3) is 4.79. The number of piperidine rings is 1. The number of thiophene rings is 1. The minimum atomic E-state index is -0.960. The SMILES string of the molecule is O=C(O)c1ccccc1OCCN1CCC(c2c[nH]c3nccc(Cc4cccs4)c23)CC1. The van der Waals surface area contributed by atoms with Crippen LogP contribution in [0.15, 0.2) is 60.2 Å². The van der Waals surface area contributed by atoms with Crippen molar-refractivity contribution in [2.75, 3.05) is 26.2 Å². The molecule has 0 bridgehead atoms. The smallest absolute Gasteiger partial charge is 0.339 e. The molecule has 1 saturated heterocycles. The van der Waals surface area contributed by atoms with Crippen LogP contribution in [-0.2, 0) is 6.42 Å². The van der Waals surface area contributed by atoms with Crippen LogP contribution in [0.5, 0.6) is 5.75 Å². The van der Waals surface area contributed by atoms with Crippen LogP contribution in [0.1, 0.15) is 45.1 Å². The van der Waals surface area contributed by atoms with Crippen molar-refractivity contribution in [3.8, 4) is 5.75 Å². The van der Waals surface area contributed by atoms with Gasteiger partial charge in [-0.3, -0.25) is 4.90 Å². The molecule has 6 nitrogen and oxygen atoms in total. The van der Waals surface area contributed by atoms with Crippen molar-refractivity contribution < 1.29 is 14.6 Å². The molecule has 1 fully saturated rings. The number of rotatable bonds is 8. The molecule has 0 unspecified atom stereocenters. The fourth-order valence-electron chi connectivity index (χ4n) is 4.74. The van der Waals surface area contributed by atoms with Gasteiger partial charge in [0.1, 0.15) is 23.6 Å². The zero-order valence-corrected chi connectivity index (χ0v) is 19.2. The van der Waals surface area contributed by atoms with Gasteiger partial charge in [-0.2, -0.15) is 0 Å². The van der Waals surface area contributed by atoms with Crippen molar-refractivity contribution in [2.24, 2.45) is 0 Å². The van der Waals surface area contributed by atoms with Gasteiger partial charge in [0.15, 0.2) is 0 Å². The highest BCUT2D eigenvalue weighted by atomic mass is 32.1. The summed E-state index contributed by atoms with van der Waals surface area (Å²) in [4.78, 5) is 23.1. The summed E-state index contributed by atoms with van der Waals surface area (Å²) in [6.07, 6.45) is 7.17. The van der Waals surface area contributed by atoms with Crippen LogP contribution in [0.25, 0.3) is 11.0 Å². The van der Waals surface area contributed by atoms with Crippen LogP contribution in [0.3, 0.4) is 0 Å². The molecule has 0 aliphatic carbocycles. The van der Waals surface area contributed by atoms with Gasteiger partial charge in [0, 0.05) is 35.6 Å². The summed E-state index contributed by atoms with van der Waals surface area (Å²) in [6, 6.07) is 13.3. The maximum absolute atomic E-state index is 11.3. The number of pyridine rings is 1. The second kappa shape index (κ2) is 9.77. The summed E-state index contributed by atoms with van der Waals surface area (Å²) < 4.78 is 5.79. The Morgan fingerprint density at radius 2 is 2.03 bits per heavy atom. The maximum atomic E-state index is 11.3. The molecule has 170 valence electrons. The first kappa shape index (κ1) is 21.7. The predicted octanol–water partition coefficient (Wildman–Crippen LogP) is 5.17. The number of hydrogen-bond acceptors (Lipinski definition) is 5. The number of carboxylic acids is 1. The number of aromatic carboxylic acids is 1. The lowest BCUT2D eigenvalue weighted by Crippen LogP contribution is -2.35. The molecule has 0 amide bonds. The van der Waals surface area contributed by atoms with Gasteiger partial charge in [-0.25, -0.2) is 9.78 Å². The molecule has 1 aromatic carbocycles. The first-order valence-electron chi connectivity index (χ1n) is 11.3. The Balaban J connectivity index is 1.21. The van der Waals surface area contributed by atoms with Gasteiger partial charge in [0.25, 0.3) is 0 Å². The molecule has 33 heavy (non-hydrogen) atoms. The molecular weight excluding hydrogens is 434 g/mol. The molecule has 5 rings (SSSR count). The number of nitrogens with one attached hydrogen (secondary N) is 1. The monoisotopic (exact) mass is 461 g/mol. The third-order valence-corrected chi connectivity index (χ3v) is 7.32. The molecular formula is C26H27N3O3S. The first-order chi connectivity index (χ1) is 16.2. The van der Waals surface area contributed by atoms with Gasteiger partial charge in [-0.15, -0.1) is 11.3 Å². The van der Waals surface area contributed by atoms with E-state index in [1.54, 1.807) is 35.6 Å². The van der Waals surface area contributed by atoms with Crippen molar-refractivity contribution in [1.29, 1.82) is 0 Å². The lowest BCUT2D eigenvalue weighted by molar-refractivity contribution is 0.0691. The molecule has 7 heteroatoms. The fourth-order valence-corrected chi connectivity index (χ4v) is 5.47. The molecule has 3 aromatic heterocycles. The Hall–Kier alpha value is -3.16. The topological polar surface area (TPSA) is 78.5 Å². The van der Waals surface area contributed by atoms with Crippen LogP contribution in [0.2, 0.25) is 0 Å². The van der Waals surface area contributed by atoms with Gasteiger partial charge >= 0.3 is 5.97 Å². The summed E-state index contributed by atoms with van der Waals surface area (Å²) in [5, 5.41) is 12.7. The van der Waals surface area contributed by atoms with E-state index in [0.29, 0.717) is 18.3 Å². The van der Waals surface area contributed by atoms with Gasteiger partial charge < -0.3 is 14.8 Å². The number of likely N-dealkylation sites (tertiary alicyclic amines) is 1. The second-order valence-electron chi connectivity index (χ2n) is 8.46. The summed E-state index contributed by atoms with van der Waals surface area (Å²) in [7, 11) is 0. The Kier molecular flexibility index (Phi) is 6.41. The third-order valence-electron chi connectivity index (χ3n) is 6.45. The van der Waals surface area contributed by atoms with Crippen molar-refractivity contribution in [3.63, 3.8) is 0 Å². The van der Waals surface area contributed by atoms with E-state index in [2.05, 4.69) is 44.6 Å². The highest BCUT2D eigenvalue weighted by Gasteiger charge is 2.24. The second-order valence-corrected chi connectivity index (χ2v) is 9.49. The molecule has 0 radical (unpaired) electrons. The number of fused-ring (bicyclic) bond motifs is 1. The standard InChI is InChI=1S/C26H27N3O3S/c30-26(31)21-5-1-2-6-23(21)32-14-13-29-11-8-18(9-12-29)22-17-28-25-24(22)19(7-10-27-25)16-20-4-3-15-33-20/h1-7,10,15,17-18H,8-9,11-14,16H2,(H,27,28)(H,30,31). The van der Waals surface area contributed by atoms with Gasteiger partial charge in [0.2, 0.25) is 0 Å². The van der Waals surface area contributed by atoms with Crippen LogP contribution < -0.4 is 4.74 Å². The molecule has 1 aliphatic heterocycles. The minimum Gasteiger partial charge on any atom is -0.491 e. The van der Waals surface area contributed by atoms with E-state index in [1.807, 2.05) is 6.20 Å². The van der Waals surface area contributed by atoms with E-state index in [0.717, 1.165) is 44.5 Å². The van der Waals surface area contributed by atoms with Crippen molar-refractivity contribution >= 4 is 28.3 Å². The normalized spacial score (nSPS) is 15.2. The quantitative estimate of drug-likeness (QED) is 0.378. The van der Waals surface area contributed by atoms with Crippen molar-refractivity contribution in [1.82, 2.24) is 14.9 Å². The molecule has 2 N–H and O–H groups in total.